The van der Waals surface area contributed by atoms with E-state index >= 15 is 0 Å². The van der Waals surface area contributed by atoms with Gasteiger partial charge in [0, 0.05) is 22.6 Å². The average molecular weight is 579 g/mol. The van der Waals surface area contributed by atoms with Gasteiger partial charge in [0.2, 0.25) is 11.8 Å². The van der Waals surface area contributed by atoms with Crippen molar-refractivity contribution >= 4 is 53.1 Å². The molecule has 3 fully saturated rings. The van der Waals surface area contributed by atoms with Crippen LogP contribution in [-0.4, -0.2) is 44.6 Å². The van der Waals surface area contributed by atoms with E-state index in [0.29, 0.717) is 6.61 Å². The van der Waals surface area contributed by atoms with Gasteiger partial charge in [0.25, 0.3) is 0 Å². The summed E-state index contributed by atoms with van der Waals surface area (Å²) in [6.45, 7) is 0.426. The van der Waals surface area contributed by atoms with E-state index in [2.05, 4.69) is 17.1 Å². The summed E-state index contributed by atoms with van der Waals surface area (Å²) < 4.78 is 6.90. The van der Waals surface area contributed by atoms with E-state index < -0.39 is 5.97 Å². The minimum atomic E-state index is -1.01. The number of aromatic amines is 1. The van der Waals surface area contributed by atoms with E-state index in [0.717, 1.165) is 32.3 Å². The van der Waals surface area contributed by atoms with Crippen LogP contribution in [0.1, 0.15) is 34.8 Å². The predicted octanol–water partition coefficient (Wildman–Crippen LogP) is 5.33. The van der Waals surface area contributed by atoms with Gasteiger partial charge in [-0.05, 0) is 59.7 Å². The number of rotatable bonds is 7. The summed E-state index contributed by atoms with van der Waals surface area (Å²) in [6.07, 6.45) is 0.623. The zero-order valence-corrected chi connectivity index (χ0v) is 23.3. The van der Waals surface area contributed by atoms with Crippen molar-refractivity contribution in [3.8, 4) is 5.75 Å². The molecule has 3 aromatic rings. The first-order valence-corrected chi connectivity index (χ1v) is 15.2. The minimum Gasteiger partial charge on any atom is -0.489 e. The number of nitrogens with one attached hydrogen (secondary N) is 1. The van der Waals surface area contributed by atoms with Crippen molar-refractivity contribution in [3.63, 3.8) is 0 Å². The number of ether oxygens (including phenoxy) is 1. The van der Waals surface area contributed by atoms with Crippen molar-refractivity contribution in [2.24, 2.45) is 29.6 Å². The van der Waals surface area contributed by atoms with Gasteiger partial charge in [-0.25, -0.2) is 0 Å². The molecule has 200 valence electrons. The van der Waals surface area contributed by atoms with Crippen LogP contribution in [0.25, 0.3) is 0 Å². The molecule has 3 heterocycles. The third kappa shape index (κ3) is 4.06. The number of thioether (sulfide) groups is 1. The van der Waals surface area contributed by atoms with Crippen molar-refractivity contribution < 1.29 is 24.2 Å². The first-order chi connectivity index (χ1) is 18.9. The molecule has 2 aliphatic heterocycles. The number of benzene rings is 2. The van der Waals surface area contributed by atoms with E-state index in [4.69, 9.17) is 22.1 Å². The molecule has 2 N–H and O–H groups in total. The first-order valence-electron chi connectivity index (χ1n) is 13.1. The number of carbonyl (C=O) groups is 3. The molecule has 39 heavy (non-hydrogen) atoms. The molecule has 0 radical (unpaired) electrons. The highest BCUT2D eigenvalue weighted by atomic mass is 32.2. The number of fused-ring (bicyclic) bond motifs is 9. The Bertz CT molecular complexity index is 1530. The molecular weight excluding hydrogens is 553 g/mol. The maximum Gasteiger partial charge on any atom is 0.305 e. The van der Waals surface area contributed by atoms with Crippen molar-refractivity contribution in [1.82, 2.24) is 9.88 Å². The lowest BCUT2D eigenvalue weighted by atomic mass is 9.68. The van der Waals surface area contributed by atoms with Crippen molar-refractivity contribution in [2.75, 3.05) is 6.54 Å². The lowest BCUT2D eigenvalue weighted by Gasteiger charge is -2.43. The summed E-state index contributed by atoms with van der Waals surface area (Å²) in [4.78, 5) is 43.8. The zero-order chi connectivity index (χ0) is 26.8. The molecule has 0 spiro atoms. The predicted molar refractivity (Wildman–Crippen MR) is 149 cm³/mol. The van der Waals surface area contributed by atoms with Crippen LogP contribution in [0.5, 0.6) is 5.75 Å². The number of hydrogen-bond donors (Lipinski definition) is 2. The lowest BCUT2D eigenvalue weighted by Crippen LogP contribution is -2.42. The lowest BCUT2D eigenvalue weighted by molar-refractivity contribution is -0.142. The summed E-state index contributed by atoms with van der Waals surface area (Å²) in [7, 11) is 0. The number of hydrogen-bond acceptors (Lipinski definition) is 7. The average Bonchev–Trinajstić information content (AvgIpc) is 3.66. The fraction of sp³-hybridized carbons (Fsp3) is 0.379. The maximum absolute atomic E-state index is 13.5. The maximum atomic E-state index is 13.5. The largest absolute Gasteiger partial charge is 0.489 e. The topological polar surface area (TPSA) is 99.7 Å². The van der Waals surface area contributed by atoms with Gasteiger partial charge in [-0.15, -0.1) is 23.1 Å². The van der Waals surface area contributed by atoms with Crippen molar-refractivity contribution in [2.45, 2.75) is 35.6 Å². The Morgan fingerprint density at radius 2 is 1.85 bits per heavy atom. The standard InChI is InChI=1S/C29H26N2O5S3/c32-19(33)9-10-31-27(34)22-17-12-18(23(22)28(31)35)24-21(17)20(25-26(38-24)30-29(37)39-25)15-7-4-8-16(11-15)36-13-14-5-2-1-3-6-14/h1-8,11,17-18,20-24H,9-10,12-13H2,(H,30,37)(H,32,33). The zero-order valence-electron chi connectivity index (χ0n) is 20.8. The van der Waals surface area contributed by atoms with E-state index in [-0.39, 0.29) is 65.5 Å². The molecule has 1 aromatic heterocycles. The van der Waals surface area contributed by atoms with Crippen LogP contribution in [0.3, 0.4) is 0 Å². The number of imide groups is 1. The molecule has 4 aliphatic rings. The molecular formula is C29H26N2O5S3. The molecule has 1 saturated heterocycles. The Labute approximate surface area is 238 Å². The number of H-pyrrole nitrogens is 1. The highest BCUT2D eigenvalue weighted by Crippen LogP contribution is 2.68. The molecule has 2 saturated carbocycles. The normalized spacial score (nSPS) is 30.3. The summed E-state index contributed by atoms with van der Waals surface area (Å²) >= 11 is 8.92. The quantitative estimate of drug-likeness (QED) is 0.289. The molecule has 10 heteroatoms. The molecule has 7 unspecified atom stereocenters. The monoisotopic (exact) mass is 578 g/mol. The third-order valence-electron chi connectivity index (χ3n) is 8.83. The second kappa shape index (κ2) is 9.60. The van der Waals surface area contributed by atoms with E-state index in [1.165, 1.54) is 9.78 Å². The van der Waals surface area contributed by atoms with Crippen LogP contribution >= 0.6 is 35.3 Å². The molecule has 2 amide bonds. The summed E-state index contributed by atoms with van der Waals surface area (Å²) in [5, 5.41) is 10.4. The number of amides is 2. The summed E-state index contributed by atoms with van der Waals surface area (Å²) in [5.74, 6) is -0.951. The number of aliphatic carboxylic acids is 1. The number of nitrogens with zero attached hydrogens (tertiary/aromatic N) is 1. The van der Waals surface area contributed by atoms with Crippen molar-refractivity contribution in [3.05, 3.63) is 74.6 Å². The Morgan fingerprint density at radius 3 is 2.62 bits per heavy atom. The number of carboxylic acid groups (broad SMARTS) is 1. The summed E-state index contributed by atoms with van der Waals surface area (Å²) in [6, 6.07) is 18.3. The fourth-order valence-electron chi connectivity index (χ4n) is 7.42. The van der Waals surface area contributed by atoms with Gasteiger partial charge in [-0.2, -0.15) is 0 Å². The number of carboxylic acids is 1. The van der Waals surface area contributed by atoms with E-state index in [9.17, 15) is 14.4 Å². The highest BCUT2D eigenvalue weighted by molar-refractivity contribution is 8.00. The van der Waals surface area contributed by atoms with Crippen LogP contribution in [0.15, 0.2) is 59.6 Å². The molecule has 7 nitrogen and oxygen atoms in total. The van der Waals surface area contributed by atoms with E-state index in [1.807, 2.05) is 42.5 Å². The Hall–Kier alpha value is -2.95. The van der Waals surface area contributed by atoms with Crippen LogP contribution in [0, 0.1) is 33.5 Å². The Morgan fingerprint density at radius 1 is 1.08 bits per heavy atom. The highest BCUT2D eigenvalue weighted by Gasteiger charge is 2.69. The molecule has 2 aliphatic carbocycles. The molecule has 7 atom stereocenters. The van der Waals surface area contributed by atoms with Crippen molar-refractivity contribution in [1.29, 1.82) is 0 Å². The van der Waals surface area contributed by atoms with Gasteiger partial charge < -0.3 is 14.8 Å². The van der Waals surface area contributed by atoms with Crippen LogP contribution in [0.4, 0.5) is 0 Å². The fourth-order valence-corrected chi connectivity index (χ4v) is 10.8. The van der Waals surface area contributed by atoms with Gasteiger partial charge in [0.1, 0.15) is 12.4 Å². The van der Waals surface area contributed by atoms with E-state index in [1.54, 1.807) is 23.1 Å². The van der Waals surface area contributed by atoms with Gasteiger partial charge >= 0.3 is 5.97 Å². The second-order valence-corrected chi connectivity index (χ2v) is 13.7. The van der Waals surface area contributed by atoms with Crippen LogP contribution < -0.4 is 4.74 Å². The molecule has 7 rings (SSSR count). The minimum absolute atomic E-state index is 0.0383. The van der Waals surface area contributed by atoms with Gasteiger partial charge in [0.05, 0.1) is 23.3 Å². The first kappa shape index (κ1) is 25.0. The SMILES string of the molecule is O=C(O)CCN1C(=O)C2C3CC(C2C1=O)C1C(c2cccc(OCc4ccccc4)c2)c2sc(=S)[nH]c2SC31. The molecule has 2 bridgehead atoms. The number of aromatic nitrogens is 1. The van der Waals surface area contributed by atoms with Gasteiger partial charge in [-0.1, -0.05) is 42.5 Å². The van der Waals surface area contributed by atoms with Crippen LogP contribution in [0.2, 0.25) is 0 Å². The Kier molecular flexibility index (Phi) is 6.17. The number of carbonyl (C=O) groups excluding carboxylic acids is 2. The number of thiazole rings is 1. The van der Waals surface area contributed by atoms with Gasteiger partial charge in [-0.3, -0.25) is 19.3 Å². The van der Waals surface area contributed by atoms with Gasteiger partial charge in [0.15, 0.2) is 3.95 Å². The molecule has 2 aromatic carbocycles. The third-order valence-corrected chi connectivity index (χ3v) is 11.8. The summed E-state index contributed by atoms with van der Waals surface area (Å²) in [5.41, 5.74) is 2.23. The van der Waals surface area contributed by atoms with Crippen LogP contribution in [-0.2, 0) is 21.0 Å². The smallest absolute Gasteiger partial charge is 0.305 e. The second-order valence-electron chi connectivity index (χ2n) is 10.8. The number of likely N-dealkylation sites (tertiary alicyclic amines) is 1. The Balaban J connectivity index is 1.23.